The maximum absolute atomic E-state index is 12.0. The minimum absolute atomic E-state index is 0.187. The highest BCUT2D eigenvalue weighted by atomic mass is 16.5. The fraction of sp³-hybridized carbons (Fsp3) is 0.500. The van der Waals surface area contributed by atoms with Gasteiger partial charge in [0.25, 0.3) is 5.91 Å². The Balaban J connectivity index is 1.98. The molecule has 9 nitrogen and oxygen atoms in total. The molecule has 0 atom stereocenters. The summed E-state index contributed by atoms with van der Waals surface area (Å²) in [5, 5.41) is 12.8. The molecule has 1 aliphatic heterocycles. The maximum Gasteiger partial charge on any atom is 0.354 e. The molecule has 1 saturated heterocycles. The lowest BCUT2D eigenvalue weighted by atomic mass is 10.1. The van der Waals surface area contributed by atoms with Crippen LogP contribution in [0.2, 0.25) is 0 Å². The van der Waals surface area contributed by atoms with E-state index in [0.717, 1.165) is 19.2 Å². The van der Waals surface area contributed by atoms with Crippen LogP contribution in [0.25, 0.3) is 5.76 Å². The number of ketones is 1. The fourth-order valence-corrected chi connectivity index (χ4v) is 2.94. The molecule has 0 aliphatic carbocycles. The summed E-state index contributed by atoms with van der Waals surface area (Å²) >= 11 is 0. The summed E-state index contributed by atoms with van der Waals surface area (Å²) in [6, 6.07) is 0. The van der Waals surface area contributed by atoms with Gasteiger partial charge in [-0.25, -0.2) is 4.79 Å². The zero-order valence-electron chi connectivity index (χ0n) is 15.8. The lowest BCUT2D eigenvalue weighted by molar-refractivity contribution is -0.135. The number of ether oxygens (including phenoxy) is 2. The van der Waals surface area contributed by atoms with Crippen molar-refractivity contribution < 1.29 is 29.0 Å². The van der Waals surface area contributed by atoms with Crippen molar-refractivity contribution in [2.24, 2.45) is 0 Å². The highest BCUT2D eigenvalue weighted by molar-refractivity contribution is 6.41. The quantitative estimate of drug-likeness (QED) is 0.270. The van der Waals surface area contributed by atoms with Gasteiger partial charge in [0.2, 0.25) is 5.78 Å². The predicted molar refractivity (Wildman–Crippen MR) is 97.5 cm³/mol. The largest absolute Gasteiger partial charge is 0.507 e. The van der Waals surface area contributed by atoms with E-state index in [2.05, 4.69) is 19.9 Å². The van der Waals surface area contributed by atoms with Gasteiger partial charge in [-0.1, -0.05) is 0 Å². The Morgan fingerprint density at radius 1 is 1.30 bits per heavy atom. The minimum atomic E-state index is -0.867. The lowest BCUT2D eigenvalue weighted by Crippen LogP contribution is -2.42. The number of aliphatic hydroxyl groups is 1. The van der Waals surface area contributed by atoms with Crippen molar-refractivity contribution in [1.29, 1.82) is 0 Å². The third kappa shape index (κ3) is 5.18. The molecular weight excluding hydrogens is 354 g/mol. The number of nitrogens with zero attached hydrogens (tertiary/aromatic N) is 1. The number of amides is 1. The second-order valence-electron chi connectivity index (χ2n) is 6.22. The van der Waals surface area contributed by atoms with E-state index in [1.165, 1.54) is 7.11 Å². The van der Waals surface area contributed by atoms with Gasteiger partial charge in [0.15, 0.2) is 0 Å². The Bertz CT molecular complexity index is 747. The summed E-state index contributed by atoms with van der Waals surface area (Å²) in [6.45, 7) is 7.11. The van der Waals surface area contributed by atoms with Crippen LogP contribution in [0.5, 0.6) is 0 Å². The van der Waals surface area contributed by atoms with Crippen LogP contribution in [0.1, 0.15) is 27.3 Å². The van der Waals surface area contributed by atoms with E-state index in [1.54, 1.807) is 13.8 Å². The minimum Gasteiger partial charge on any atom is -0.507 e. The first-order valence-electron chi connectivity index (χ1n) is 8.66. The molecule has 1 aromatic rings. The number of morpholine rings is 1. The molecule has 148 valence electrons. The van der Waals surface area contributed by atoms with Crippen molar-refractivity contribution in [3.8, 4) is 0 Å². The Morgan fingerprint density at radius 2 is 1.96 bits per heavy atom. The Morgan fingerprint density at radius 3 is 2.59 bits per heavy atom. The van der Waals surface area contributed by atoms with Crippen LogP contribution in [0.15, 0.2) is 6.08 Å². The normalized spacial score (nSPS) is 15.4. The molecule has 0 bridgehead atoms. The molecule has 1 fully saturated rings. The number of carbonyl (C=O) groups excluding carboxylic acids is 3. The highest BCUT2D eigenvalue weighted by Gasteiger charge is 2.21. The molecule has 2 heterocycles. The first kappa shape index (κ1) is 20.7. The molecule has 1 aliphatic rings. The third-order valence-corrected chi connectivity index (χ3v) is 4.39. The number of esters is 1. The Hall–Kier alpha value is -2.65. The number of hydrogen-bond donors (Lipinski definition) is 3. The molecule has 0 unspecified atom stereocenters. The highest BCUT2D eigenvalue weighted by Crippen LogP contribution is 2.24. The summed E-state index contributed by atoms with van der Waals surface area (Å²) in [4.78, 5) is 40.6. The standard InChI is InChI=1S/C18H25N3O6/c1-11-15(12(2)20-16(11)18(25)26-3)13(22)10-14(23)17(24)19-4-5-21-6-8-27-9-7-21/h10,20,22H,4-9H2,1-3H3,(H,19,24)/b13-10-. The van der Waals surface area contributed by atoms with Crippen LogP contribution in [0, 0.1) is 13.8 Å². The van der Waals surface area contributed by atoms with Gasteiger partial charge < -0.3 is 24.9 Å². The van der Waals surface area contributed by atoms with Gasteiger partial charge >= 0.3 is 5.97 Å². The van der Waals surface area contributed by atoms with Gasteiger partial charge in [-0.2, -0.15) is 0 Å². The maximum atomic E-state index is 12.0. The summed E-state index contributed by atoms with van der Waals surface area (Å²) in [5.74, 6) is -2.63. The molecule has 0 aromatic carbocycles. The van der Waals surface area contributed by atoms with E-state index in [-0.39, 0.29) is 11.5 Å². The summed E-state index contributed by atoms with van der Waals surface area (Å²) in [5.41, 5.74) is 1.41. The SMILES string of the molecule is COC(=O)c1[nH]c(C)c(/C(O)=C/C(=O)C(=O)NCCN2CCOCC2)c1C. The van der Waals surface area contributed by atoms with Crippen LogP contribution in [0.3, 0.4) is 0 Å². The van der Waals surface area contributed by atoms with Gasteiger partial charge in [0.1, 0.15) is 11.5 Å². The first-order valence-corrected chi connectivity index (χ1v) is 8.66. The van der Waals surface area contributed by atoms with Gasteiger partial charge in [0, 0.05) is 43.5 Å². The number of H-pyrrole nitrogens is 1. The number of rotatable bonds is 7. The van der Waals surface area contributed by atoms with Crippen LogP contribution >= 0.6 is 0 Å². The average Bonchev–Trinajstić information content (AvgIpc) is 2.96. The topological polar surface area (TPSA) is 121 Å². The molecule has 3 N–H and O–H groups in total. The third-order valence-electron chi connectivity index (χ3n) is 4.39. The van der Waals surface area contributed by atoms with E-state index in [4.69, 9.17) is 4.74 Å². The molecule has 1 amide bonds. The summed E-state index contributed by atoms with van der Waals surface area (Å²) in [7, 11) is 1.25. The number of aromatic nitrogens is 1. The predicted octanol–water partition coefficient (Wildman–Crippen LogP) is 0.335. The Kier molecular flexibility index (Phi) is 7.14. The monoisotopic (exact) mass is 379 g/mol. The van der Waals surface area contributed by atoms with Crippen LogP contribution < -0.4 is 5.32 Å². The van der Waals surface area contributed by atoms with Crippen molar-refractivity contribution in [3.05, 3.63) is 28.6 Å². The van der Waals surface area contributed by atoms with E-state index in [1.807, 2.05) is 0 Å². The second kappa shape index (κ2) is 9.33. The second-order valence-corrected chi connectivity index (χ2v) is 6.22. The average molecular weight is 379 g/mol. The van der Waals surface area contributed by atoms with Gasteiger partial charge in [0.05, 0.1) is 20.3 Å². The lowest BCUT2D eigenvalue weighted by Gasteiger charge is -2.26. The number of aryl methyl sites for hydroxylation is 1. The van der Waals surface area contributed by atoms with Gasteiger partial charge in [-0.3, -0.25) is 14.5 Å². The van der Waals surface area contributed by atoms with Crippen LogP contribution in [-0.4, -0.2) is 79.2 Å². The number of aromatic amines is 1. The molecule has 2 rings (SSSR count). The van der Waals surface area contributed by atoms with Crippen LogP contribution in [0.4, 0.5) is 0 Å². The molecule has 1 aromatic heterocycles. The smallest absolute Gasteiger partial charge is 0.354 e. The molecule has 0 saturated carbocycles. The molecule has 0 spiro atoms. The fourth-order valence-electron chi connectivity index (χ4n) is 2.94. The number of carbonyl (C=O) groups is 3. The zero-order valence-corrected chi connectivity index (χ0v) is 15.8. The number of methoxy groups -OCH3 is 1. The first-order chi connectivity index (χ1) is 12.8. The number of hydrogen-bond acceptors (Lipinski definition) is 7. The van der Waals surface area contributed by atoms with E-state index in [0.29, 0.717) is 43.1 Å². The Labute approximate surface area is 157 Å². The molecule has 0 radical (unpaired) electrons. The van der Waals surface area contributed by atoms with E-state index in [9.17, 15) is 19.5 Å². The molecule has 9 heteroatoms. The van der Waals surface area contributed by atoms with E-state index < -0.39 is 17.7 Å². The summed E-state index contributed by atoms with van der Waals surface area (Å²) in [6.07, 6.45) is 0.855. The molecule has 27 heavy (non-hydrogen) atoms. The van der Waals surface area contributed by atoms with Gasteiger partial charge in [-0.15, -0.1) is 0 Å². The van der Waals surface area contributed by atoms with E-state index >= 15 is 0 Å². The van der Waals surface area contributed by atoms with Crippen molar-refractivity contribution in [2.75, 3.05) is 46.5 Å². The zero-order chi connectivity index (χ0) is 20.0. The van der Waals surface area contributed by atoms with Crippen molar-refractivity contribution in [1.82, 2.24) is 15.2 Å². The number of nitrogens with one attached hydrogen (secondary N) is 2. The van der Waals surface area contributed by atoms with Crippen molar-refractivity contribution in [2.45, 2.75) is 13.8 Å². The van der Waals surface area contributed by atoms with Crippen LogP contribution in [-0.2, 0) is 19.1 Å². The number of aliphatic hydroxyl groups excluding tert-OH is 1. The van der Waals surface area contributed by atoms with Crippen molar-refractivity contribution in [3.63, 3.8) is 0 Å². The summed E-state index contributed by atoms with van der Waals surface area (Å²) < 4.78 is 9.91. The molecular formula is C18H25N3O6. The van der Waals surface area contributed by atoms with Crippen molar-refractivity contribution >= 4 is 23.4 Å². The van der Waals surface area contributed by atoms with Gasteiger partial charge in [-0.05, 0) is 19.4 Å².